The standard InChI is InChI=1S/C13H22N2O5S/c1-21(19,20)15-7-3-4-10(9-15)12(16)14-6-2-5-11(8-14)13(17)18/h10-11H,2-9H2,1H3,(H,17,18)/t10?,11-/m0/s1. The molecular weight excluding hydrogens is 296 g/mol. The highest BCUT2D eigenvalue weighted by Gasteiger charge is 2.35. The summed E-state index contributed by atoms with van der Waals surface area (Å²) in [6.45, 7) is 1.48. The number of carboxylic acid groups (broad SMARTS) is 1. The fourth-order valence-corrected chi connectivity index (χ4v) is 3.99. The molecule has 2 atom stereocenters. The van der Waals surface area contributed by atoms with E-state index < -0.39 is 21.9 Å². The lowest BCUT2D eigenvalue weighted by atomic mass is 9.94. The lowest BCUT2D eigenvalue weighted by molar-refractivity contribution is -0.147. The van der Waals surface area contributed by atoms with Gasteiger partial charge in [0.2, 0.25) is 15.9 Å². The molecule has 21 heavy (non-hydrogen) atoms. The molecule has 2 rings (SSSR count). The second-order valence-corrected chi connectivity index (χ2v) is 7.90. The molecule has 1 N–H and O–H groups in total. The van der Waals surface area contributed by atoms with Gasteiger partial charge in [-0.1, -0.05) is 0 Å². The van der Waals surface area contributed by atoms with E-state index in [1.54, 1.807) is 4.90 Å². The van der Waals surface area contributed by atoms with Crippen molar-refractivity contribution < 1.29 is 23.1 Å². The maximum atomic E-state index is 12.5. The van der Waals surface area contributed by atoms with Crippen LogP contribution in [0.3, 0.4) is 0 Å². The summed E-state index contributed by atoms with van der Waals surface area (Å²) in [5.41, 5.74) is 0. The van der Waals surface area contributed by atoms with Crippen molar-refractivity contribution in [2.45, 2.75) is 25.7 Å². The number of amides is 1. The Morgan fingerprint density at radius 3 is 2.29 bits per heavy atom. The summed E-state index contributed by atoms with van der Waals surface area (Å²) in [4.78, 5) is 25.2. The topological polar surface area (TPSA) is 95.0 Å². The van der Waals surface area contributed by atoms with Crippen LogP contribution >= 0.6 is 0 Å². The largest absolute Gasteiger partial charge is 0.481 e. The van der Waals surface area contributed by atoms with Crippen LogP contribution in [0, 0.1) is 11.8 Å². The first kappa shape index (κ1) is 16.2. The van der Waals surface area contributed by atoms with E-state index in [9.17, 15) is 18.0 Å². The van der Waals surface area contributed by atoms with Crippen LogP contribution in [0.1, 0.15) is 25.7 Å². The number of hydrogen-bond acceptors (Lipinski definition) is 4. The van der Waals surface area contributed by atoms with Gasteiger partial charge in [0.05, 0.1) is 18.1 Å². The SMILES string of the molecule is CS(=O)(=O)N1CCCC(C(=O)N2CCC[C@H](C(=O)O)C2)C1. The number of piperidine rings is 2. The van der Waals surface area contributed by atoms with Gasteiger partial charge in [0.25, 0.3) is 0 Å². The molecule has 2 saturated heterocycles. The first-order chi connectivity index (χ1) is 9.79. The van der Waals surface area contributed by atoms with Crippen molar-refractivity contribution in [3.8, 4) is 0 Å². The molecule has 0 spiro atoms. The van der Waals surface area contributed by atoms with Crippen molar-refractivity contribution in [1.29, 1.82) is 0 Å². The summed E-state index contributed by atoms with van der Waals surface area (Å²) < 4.78 is 24.5. The van der Waals surface area contributed by atoms with Gasteiger partial charge >= 0.3 is 5.97 Å². The van der Waals surface area contributed by atoms with Gasteiger partial charge in [-0.2, -0.15) is 0 Å². The molecule has 0 bridgehead atoms. The highest BCUT2D eigenvalue weighted by atomic mass is 32.2. The lowest BCUT2D eigenvalue weighted by Gasteiger charge is -2.36. The number of rotatable bonds is 3. The van der Waals surface area contributed by atoms with Crippen molar-refractivity contribution >= 4 is 21.9 Å². The van der Waals surface area contributed by atoms with E-state index in [2.05, 4.69) is 0 Å². The summed E-state index contributed by atoms with van der Waals surface area (Å²) in [6.07, 6.45) is 3.77. The third-order valence-corrected chi connectivity index (χ3v) is 5.55. The fraction of sp³-hybridized carbons (Fsp3) is 0.846. The van der Waals surface area contributed by atoms with Crippen LogP contribution in [0.15, 0.2) is 0 Å². The van der Waals surface area contributed by atoms with Gasteiger partial charge in [0, 0.05) is 26.2 Å². The molecule has 2 fully saturated rings. The Hall–Kier alpha value is -1.15. The molecular formula is C13H22N2O5S. The summed E-state index contributed by atoms with van der Waals surface area (Å²) in [6, 6.07) is 0. The van der Waals surface area contributed by atoms with Crippen LogP contribution < -0.4 is 0 Å². The molecule has 1 unspecified atom stereocenters. The Morgan fingerprint density at radius 1 is 1.05 bits per heavy atom. The van der Waals surface area contributed by atoms with Crippen molar-refractivity contribution in [3.05, 3.63) is 0 Å². The number of carboxylic acids is 1. The van der Waals surface area contributed by atoms with Crippen LogP contribution in [-0.4, -0.2) is 67.0 Å². The summed E-state index contributed by atoms with van der Waals surface area (Å²) in [5, 5.41) is 9.07. The van der Waals surface area contributed by atoms with Crippen LogP contribution in [0.5, 0.6) is 0 Å². The van der Waals surface area contributed by atoms with Gasteiger partial charge in [-0.15, -0.1) is 0 Å². The molecule has 2 aliphatic rings. The number of likely N-dealkylation sites (tertiary alicyclic amines) is 1. The smallest absolute Gasteiger partial charge is 0.308 e. The van der Waals surface area contributed by atoms with Gasteiger partial charge in [-0.25, -0.2) is 12.7 Å². The van der Waals surface area contributed by atoms with E-state index in [4.69, 9.17) is 5.11 Å². The molecule has 1 amide bonds. The Kier molecular flexibility index (Phi) is 4.88. The van der Waals surface area contributed by atoms with E-state index in [0.717, 1.165) is 6.26 Å². The second-order valence-electron chi connectivity index (χ2n) is 5.92. The minimum Gasteiger partial charge on any atom is -0.481 e. The summed E-state index contributed by atoms with van der Waals surface area (Å²) in [5.74, 6) is -1.82. The molecule has 0 radical (unpaired) electrons. The monoisotopic (exact) mass is 318 g/mol. The predicted octanol–water partition coefficient (Wildman–Crippen LogP) is -0.0188. The van der Waals surface area contributed by atoms with Crippen LogP contribution in [0.2, 0.25) is 0 Å². The van der Waals surface area contributed by atoms with Gasteiger partial charge in [0.1, 0.15) is 0 Å². The summed E-state index contributed by atoms with van der Waals surface area (Å²) >= 11 is 0. The Morgan fingerprint density at radius 2 is 1.67 bits per heavy atom. The number of hydrogen-bond donors (Lipinski definition) is 1. The Bertz CT molecular complexity index is 519. The van der Waals surface area contributed by atoms with E-state index in [1.807, 2.05) is 0 Å². The maximum Gasteiger partial charge on any atom is 0.308 e. The molecule has 0 aromatic carbocycles. The summed E-state index contributed by atoms with van der Waals surface area (Å²) in [7, 11) is -3.28. The first-order valence-electron chi connectivity index (χ1n) is 7.25. The molecule has 120 valence electrons. The lowest BCUT2D eigenvalue weighted by Crippen LogP contribution is -2.49. The Balaban J connectivity index is 2.00. The molecule has 0 aromatic rings. The number of nitrogens with zero attached hydrogens (tertiary/aromatic N) is 2. The average Bonchev–Trinajstić information content (AvgIpc) is 2.46. The Labute approximate surface area is 125 Å². The zero-order chi connectivity index (χ0) is 15.6. The number of sulfonamides is 1. The van der Waals surface area contributed by atoms with Crippen molar-refractivity contribution in [1.82, 2.24) is 9.21 Å². The van der Waals surface area contributed by atoms with Gasteiger partial charge in [-0.3, -0.25) is 9.59 Å². The van der Waals surface area contributed by atoms with Crippen molar-refractivity contribution in [3.63, 3.8) is 0 Å². The number of carbonyl (C=O) groups excluding carboxylic acids is 1. The highest BCUT2D eigenvalue weighted by molar-refractivity contribution is 7.88. The molecule has 0 aromatic heterocycles. The molecule has 2 aliphatic heterocycles. The fourth-order valence-electron chi connectivity index (χ4n) is 3.08. The zero-order valence-corrected chi connectivity index (χ0v) is 13.0. The quantitative estimate of drug-likeness (QED) is 0.789. The average molecular weight is 318 g/mol. The minimum atomic E-state index is -3.28. The maximum absolute atomic E-state index is 12.5. The third kappa shape index (κ3) is 3.94. The third-order valence-electron chi connectivity index (χ3n) is 4.28. The molecule has 8 heteroatoms. The predicted molar refractivity (Wildman–Crippen MR) is 76.1 cm³/mol. The minimum absolute atomic E-state index is 0.102. The number of aliphatic carboxylic acids is 1. The van der Waals surface area contributed by atoms with Gasteiger partial charge in [0.15, 0.2) is 0 Å². The van der Waals surface area contributed by atoms with Crippen LogP contribution in [-0.2, 0) is 19.6 Å². The van der Waals surface area contributed by atoms with Crippen LogP contribution in [0.25, 0.3) is 0 Å². The van der Waals surface area contributed by atoms with Gasteiger partial charge in [-0.05, 0) is 25.7 Å². The molecule has 7 nitrogen and oxygen atoms in total. The van der Waals surface area contributed by atoms with Crippen molar-refractivity contribution in [2.75, 3.05) is 32.4 Å². The molecule has 0 aliphatic carbocycles. The van der Waals surface area contributed by atoms with Gasteiger partial charge < -0.3 is 10.0 Å². The van der Waals surface area contributed by atoms with Crippen molar-refractivity contribution in [2.24, 2.45) is 11.8 Å². The van der Waals surface area contributed by atoms with E-state index in [0.29, 0.717) is 38.8 Å². The van der Waals surface area contributed by atoms with E-state index in [1.165, 1.54) is 4.31 Å². The molecule has 2 heterocycles. The van der Waals surface area contributed by atoms with E-state index in [-0.39, 0.29) is 24.9 Å². The highest BCUT2D eigenvalue weighted by Crippen LogP contribution is 2.24. The molecule has 0 saturated carbocycles. The normalized spacial score (nSPS) is 28.3. The van der Waals surface area contributed by atoms with E-state index >= 15 is 0 Å². The first-order valence-corrected chi connectivity index (χ1v) is 9.10. The zero-order valence-electron chi connectivity index (χ0n) is 12.2. The number of carbonyl (C=O) groups is 2. The second kappa shape index (κ2) is 6.31. The van der Waals surface area contributed by atoms with Crippen LogP contribution in [0.4, 0.5) is 0 Å².